The molecule has 1 aromatic rings. The minimum atomic E-state index is -0.194. The van der Waals surface area contributed by atoms with Gasteiger partial charge in [0.2, 0.25) is 0 Å². The average Bonchev–Trinajstić information content (AvgIpc) is 2.09. The van der Waals surface area contributed by atoms with Crippen molar-refractivity contribution >= 4 is 6.21 Å². The summed E-state index contributed by atoms with van der Waals surface area (Å²) in [6.07, 6.45) is 3.01. The highest BCUT2D eigenvalue weighted by Gasteiger charge is 2.02. The fourth-order valence-corrected chi connectivity index (χ4v) is 0.902. The molecule has 0 amide bonds. The van der Waals surface area contributed by atoms with Crippen molar-refractivity contribution in [1.29, 1.82) is 0 Å². The van der Waals surface area contributed by atoms with Crippen molar-refractivity contribution in [3.63, 3.8) is 0 Å². The van der Waals surface area contributed by atoms with Gasteiger partial charge in [-0.3, -0.25) is 9.79 Å². The molecule has 0 aromatic carbocycles. The maximum Gasteiger partial charge on any atom is 0.260 e. The Balaban J connectivity index is 3.29. The number of aromatic amines is 1. The predicted molar refractivity (Wildman–Crippen MR) is 47.1 cm³/mol. The van der Waals surface area contributed by atoms with Crippen molar-refractivity contribution in [3.8, 4) is 5.75 Å². The molecule has 4 nitrogen and oxygen atoms in total. The Kier molecular flexibility index (Phi) is 2.63. The minimum absolute atomic E-state index is 0.194. The van der Waals surface area contributed by atoms with Gasteiger partial charge in [-0.1, -0.05) is 0 Å². The molecule has 0 saturated carbocycles. The van der Waals surface area contributed by atoms with Crippen molar-refractivity contribution in [2.24, 2.45) is 4.99 Å². The van der Waals surface area contributed by atoms with Crippen LogP contribution in [0.1, 0.15) is 5.56 Å². The fraction of sp³-hybridized carbons (Fsp3) is 0.250. The Morgan fingerprint density at radius 3 is 3.00 bits per heavy atom. The Hall–Kier alpha value is -1.58. The highest BCUT2D eigenvalue weighted by atomic mass is 16.5. The number of nitrogens with zero attached hydrogens (tertiary/aromatic N) is 1. The molecule has 0 aliphatic rings. The first-order valence-electron chi connectivity index (χ1n) is 3.47. The van der Waals surface area contributed by atoms with Gasteiger partial charge >= 0.3 is 0 Å². The van der Waals surface area contributed by atoms with Crippen molar-refractivity contribution in [2.75, 3.05) is 14.2 Å². The van der Waals surface area contributed by atoms with E-state index in [-0.39, 0.29) is 5.56 Å². The molecule has 0 atom stereocenters. The van der Waals surface area contributed by atoms with E-state index in [2.05, 4.69) is 9.98 Å². The van der Waals surface area contributed by atoms with Gasteiger partial charge in [-0.15, -0.1) is 0 Å². The van der Waals surface area contributed by atoms with E-state index in [1.165, 1.54) is 19.5 Å². The zero-order valence-corrected chi connectivity index (χ0v) is 7.00. The number of pyridine rings is 1. The molecule has 0 spiro atoms. The first kappa shape index (κ1) is 8.52. The van der Waals surface area contributed by atoms with Crippen LogP contribution in [0.5, 0.6) is 5.75 Å². The largest absolute Gasteiger partial charge is 0.496 e. The van der Waals surface area contributed by atoms with Gasteiger partial charge in [0, 0.05) is 19.5 Å². The monoisotopic (exact) mass is 166 g/mol. The molecule has 1 rings (SSSR count). The highest BCUT2D eigenvalue weighted by Crippen LogP contribution is 2.09. The van der Waals surface area contributed by atoms with E-state index < -0.39 is 0 Å². The summed E-state index contributed by atoms with van der Waals surface area (Å²) in [6, 6.07) is 1.68. The lowest BCUT2D eigenvalue weighted by atomic mass is 10.3. The lowest BCUT2D eigenvalue weighted by molar-refractivity contribution is 0.413. The predicted octanol–water partition coefficient (Wildman–Crippen LogP) is 0.432. The van der Waals surface area contributed by atoms with Crippen LogP contribution in [0.2, 0.25) is 0 Å². The average molecular weight is 166 g/mol. The van der Waals surface area contributed by atoms with Crippen LogP contribution in [0, 0.1) is 0 Å². The SMILES string of the molecule is CN=Cc1c(OC)cc[nH]c1=O. The van der Waals surface area contributed by atoms with Gasteiger partial charge in [0.05, 0.1) is 12.7 Å². The molecule has 0 fully saturated rings. The van der Waals surface area contributed by atoms with E-state index in [4.69, 9.17) is 4.74 Å². The van der Waals surface area contributed by atoms with Gasteiger partial charge < -0.3 is 9.72 Å². The molecule has 0 unspecified atom stereocenters. The minimum Gasteiger partial charge on any atom is -0.496 e. The van der Waals surface area contributed by atoms with Crippen LogP contribution in [-0.4, -0.2) is 25.4 Å². The molecule has 1 heterocycles. The molecular weight excluding hydrogens is 156 g/mol. The summed E-state index contributed by atoms with van der Waals surface area (Å²) in [5.41, 5.74) is 0.252. The molecule has 64 valence electrons. The summed E-state index contributed by atoms with van der Waals surface area (Å²) >= 11 is 0. The number of nitrogens with one attached hydrogen (secondary N) is 1. The van der Waals surface area contributed by atoms with Crippen LogP contribution in [0.25, 0.3) is 0 Å². The van der Waals surface area contributed by atoms with Crippen LogP contribution < -0.4 is 10.3 Å². The van der Waals surface area contributed by atoms with Crippen molar-refractivity contribution < 1.29 is 4.74 Å². The van der Waals surface area contributed by atoms with Crippen LogP contribution in [0.3, 0.4) is 0 Å². The van der Waals surface area contributed by atoms with Gasteiger partial charge in [-0.05, 0) is 6.07 Å². The second-order valence-electron chi connectivity index (χ2n) is 2.18. The van der Waals surface area contributed by atoms with Crippen LogP contribution in [0.15, 0.2) is 22.1 Å². The third-order valence-electron chi connectivity index (χ3n) is 1.44. The quantitative estimate of drug-likeness (QED) is 0.648. The lowest BCUT2D eigenvalue weighted by Gasteiger charge is -2.00. The second-order valence-corrected chi connectivity index (χ2v) is 2.18. The van der Waals surface area contributed by atoms with Crippen molar-refractivity contribution in [1.82, 2.24) is 4.98 Å². The molecule has 12 heavy (non-hydrogen) atoms. The number of H-pyrrole nitrogens is 1. The van der Waals surface area contributed by atoms with Gasteiger partial charge in [0.25, 0.3) is 5.56 Å². The molecule has 1 aromatic heterocycles. The van der Waals surface area contributed by atoms with Gasteiger partial charge in [0.1, 0.15) is 5.75 Å². The summed E-state index contributed by atoms with van der Waals surface area (Å²) in [6.45, 7) is 0. The van der Waals surface area contributed by atoms with Crippen LogP contribution >= 0.6 is 0 Å². The third-order valence-corrected chi connectivity index (χ3v) is 1.44. The number of methoxy groups -OCH3 is 1. The number of ether oxygens (including phenoxy) is 1. The van der Waals surface area contributed by atoms with E-state index >= 15 is 0 Å². The number of hydrogen-bond acceptors (Lipinski definition) is 3. The summed E-state index contributed by atoms with van der Waals surface area (Å²) in [5.74, 6) is 0.532. The molecule has 0 radical (unpaired) electrons. The van der Waals surface area contributed by atoms with Crippen molar-refractivity contribution in [2.45, 2.75) is 0 Å². The second kappa shape index (κ2) is 3.71. The summed E-state index contributed by atoms with van der Waals surface area (Å²) < 4.78 is 4.97. The summed E-state index contributed by atoms with van der Waals surface area (Å²) in [7, 11) is 3.12. The molecule has 0 aliphatic carbocycles. The zero-order chi connectivity index (χ0) is 8.97. The Morgan fingerprint density at radius 1 is 1.67 bits per heavy atom. The zero-order valence-electron chi connectivity index (χ0n) is 7.00. The Morgan fingerprint density at radius 2 is 2.42 bits per heavy atom. The van der Waals surface area contributed by atoms with E-state index in [1.54, 1.807) is 13.1 Å². The Labute approximate surface area is 69.9 Å². The fourth-order valence-electron chi connectivity index (χ4n) is 0.902. The maximum atomic E-state index is 11.2. The third kappa shape index (κ3) is 1.53. The summed E-state index contributed by atoms with van der Waals surface area (Å²) in [4.78, 5) is 17.4. The topological polar surface area (TPSA) is 54.4 Å². The molecule has 1 N–H and O–H groups in total. The van der Waals surface area contributed by atoms with Gasteiger partial charge in [0.15, 0.2) is 0 Å². The Bertz CT molecular complexity index is 341. The molecule has 0 aliphatic heterocycles. The van der Waals surface area contributed by atoms with Crippen LogP contribution in [-0.2, 0) is 0 Å². The smallest absolute Gasteiger partial charge is 0.260 e. The van der Waals surface area contributed by atoms with E-state index in [0.717, 1.165) is 0 Å². The van der Waals surface area contributed by atoms with Gasteiger partial charge in [-0.2, -0.15) is 0 Å². The maximum absolute atomic E-state index is 11.2. The van der Waals surface area contributed by atoms with E-state index in [9.17, 15) is 4.79 Å². The number of aliphatic imine (C=N–C) groups is 1. The molecule has 4 heteroatoms. The summed E-state index contributed by atoms with van der Waals surface area (Å²) in [5, 5.41) is 0. The van der Waals surface area contributed by atoms with Crippen LogP contribution in [0.4, 0.5) is 0 Å². The van der Waals surface area contributed by atoms with Crippen molar-refractivity contribution in [3.05, 3.63) is 28.2 Å². The standard InChI is InChI=1S/C8H10N2O2/c1-9-5-6-7(12-2)3-4-10-8(6)11/h3-5H,1-2H3,(H,10,11). The molecule has 0 saturated heterocycles. The highest BCUT2D eigenvalue weighted by molar-refractivity contribution is 5.82. The van der Waals surface area contributed by atoms with E-state index in [0.29, 0.717) is 11.3 Å². The molecular formula is C8H10N2O2. The first-order chi connectivity index (χ1) is 5.79. The molecule has 0 bridgehead atoms. The number of aromatic nitrogens is 1. The number of hydrogen-bond donors (Lipinski definition) is 1. The first-order valence-corrected chi connectivity index (χ1v) is 3.47. The van der Waals surface area contributed by atoms with Gasteiger partial charge in [-0.25, -0.2) is 0 Å². The lowest BCUT2D eigenvalue weighted by Crippen LogP contribution is -2.12. The van der Waals surface area contributed by atoms with E-state index in [1.807, 2.05) is 0 Å². The normalized spacial score (nSPS) is 10.5. The number of rotatable bonds is 2.